The Morgan fingerprint density at radius 3 is 1.06 bits per heavy atom. The number of nitrogens with one attached hydrogen (secondary N) is 1. The van der Waals surface area contributed by atoms with E-state index < -0.39 is 0 Å². The molecule has 272 valence electrons. The van der Waals surface area contributed by atoms with Gasteiger partial charge in [-0.05, 0) is 12.1 Å². The minimum atomic E-state index is 0.0289. The van der Waals surface area contributed by atoms with Gasteiger partial charge in [0.05, 0.1) is 92.4 Å². The molecule has 0 radical (unpaired) electrons. The minimum Gasteiger partial charge on any atom is -0.507 e. The highest BCUT2D eigenvalue weighted by atomic mass is 16.6. The number of hydrogen-bond acceptors (Lipinski definition) is 15. The highest BCUT2D eigenvalue weighted by Crippen LogP contribution is 2.35. The first-order valence-corrected chi connectivity index (χ1v) is 16.6. The number of phenolic OH excluding ortho intramolecular Hbond substituents is 2. The molecule has 0 fully saturated rings. The molecular formula is C34H49N3O12. The van der Waals surface area contributed by atoms with Gasteiger partial charge < -0.3 is 62.9 Å². The van der Waals surface area contributed by atoms with Gasteiger partial charge in [0.2, 0.25) is 0 Å². The maximum Gasteiger partial charge on any atom is 0.165 e. The third-order valence-corrected chi connectivity index (χ3v) is 6.91. The topological polar surface area (TPSA) is 170 Å². The molecular weight excluding hydrogens is 642 g/mol. The van der Waals surface area contributed by atoms with E-state index in [1.165, 1.54) is 12.1 Å². The maximum absolute atomic E-state index is 10.6. The molecule has 2 aromatic carbocycles. The van der Waals surface area contributed by atoms with Crippen LogP contribution in [0.2, 0.25) is 0 Å². The van der Waals surface area contributed by atoms with Gasteiger partial charge >= 0.3 is 0 Å². The van der Waals surface area contributed by atoms with Gasteiger partial charge in [0.1, 0.15) is 37.9 Å². The van der Waals surface area contributed by atoms with Crippen LogP contribution in [0.4, 0.5) is 0 Å². The molecule has 2 aliphatic rings. The fraction of sp³-hybridized carbons (Fsp3) is 0.588. The lowest BCUT2D eigenvalue weighted by Crippen LogP contribution is -2.20. The Hall–Kier alpha value is -3.70. The molecule has 4 rings (SSSR count). The van der Waals surface area contributed by atoms with Crippen molar-refractivity contribution < 1.29 is 57.6 Å². The summed E-state index contributed by atoms with van der Waals surface area (Å²) < 4.78 is 56.3. The zero-order chi connectivity index (χ0) is 34.2. The summed E-state index contributed by atoms with van der Waals surface area (Å²) >= 11 is 0. The molecule has 0 spiro atoms. The van der Waals surface area contributed by atoms with Gasteiger partial charge in [-0.2, -0.15) is 0 Å². The highest BCUT2D eigenvalue weighted by molar-refractivity contribution is 5.85. The van der Waals surface area contributed by atoms with Crippen LogP contribution in [0.1, 0.15) is 11.1 Å². The number of benzene rings is 2. The molecule has 0 aliphatic carbocycles. The predicted octanol–water partition coefficient (Wildman–Crippen LogP) is 1.87. The number of aliphatic imine (C=N–C) groups is 2. The molecule has 0 aromatic heterocycles. The van der Waals surface area contributed by atoms with Gasteiger partial charge in [0.15, 0.2) is 23.0 Å². The fourth-order valence-electron chi connectivity index (χ4n) is 4.45. The van der Waals surface area contributed by atoms with Crippen LogP contribution in [0, 0.1) is 0 Å². The van der Waals surface area contributed by atoms with Gasteiger partial charge in [-0.1, -0.05) is 0 Å². The van der Waals surface area contributed by atoms with E-state index in [1.54, 1.807) is 24.6 Å². The van der Waals surface area contributed by atoms with Crippen LogP contribution in [0.15, 0.2) is 34.3 Å². The second-order valence-electron chi connectivity index (χ2n) is 10.6. The van der Waals surface area contributed by atoms with Crippen molar-refractivity contribution in [1.29, 1.82) is 0 Å². The molecule has 0 atom stereocenters. The van der Waals surface area contributed by atoms with Gasteiger partial charge in [0.25, 0.3) is 0 Å². The van der Waals surface area contributed by atoms with Crippen molar-refractivity contribution >= 4 is 12.4 Å². The van der Waals surface area contributed by atoms with E-state index in [4.69, 9.17) is 47.4 Å². The van der Waals surface area contributed by atoms with E-state index in [0.29, 0.717) is 166 Å². The van der Waals surface area contributed by atoms with E-state index in [1.807, 2.05) is 0 Å². The summed E-state index contributed by atoms with van der Waals surface area (Å²) in [6, 6.07) is 6.43. The van der Waals surface area contributed by atoms with E-state index in [9.17, 15) is 10.2 Å². The van der Waals surface area contributed by atoms with E-state index in [2.05, 4.69) is 15.3 Å². The SMILES string of the molecule is Oc1cc2c(cc1C=NCCNCCN=Cc1cc3c(cc1O)OCCOCCOCCOCCO3)OCCOCCOCCOCCO2. The van der Waals surface area contributed by atoms with Crippen molar-refractivity contribution in [2.45, 2.75) is 0 Å². The number of ether oxygens (including phenoxy) is 10. The summed E-state index contributed by atoms with van der Waals surface area (Å²) in [7, 11) is 0. The van der Waals surface area contributed by atoms with Gasteiger partial charge in [-0.25, -0.2) is 0 Å². The Morgan fingerprint density at radius 1 is 0.449 bits per heavy atom. The van der Waals surface area contributed by atoms with Crippen LogP contribution < -0.4 is 24.3 Å². The third-order valence-electron chi connectivity index (χ3n) is 6.91. The first kappa shape index (κ1) is 38.1. The number of nitrogens with zero attached hydrogens (tertiary/aromatic N) is 2. The van der Waals surface area contributed by atoms with Gasteiger partial charge in [-0.3, -0.25) is 9.98 Å². The lowest BCUT2D eigenvalue weighted by atomic mass is 10.2. The average molecular weight is 692 g/mol. The second-order valence-corrected chi connectivity index (χ2v) is 10.6. The lowest BCUT2D eigenvalue weighted by Gasteiger charge is -2.14. The van der Waals surface area contributed by atoms with Crippen molar-refractivity contribution in [2.24, 2.45) is 9.98 Å². The molecule has 0 amide bonds. The van der Waals surface area contributed by atoms with Crippen LogP contribution in [-0.4, -0.2) is 155 Å². The Kier molecular flexibility index (Phi) is 18.4. The normalized spacial score (nSPS) is 18.3. The number of aromatic hydroxyl groups is 2. The average Bonchev–Trinajstić information content (AvgIpc) is 3.11. The Morgan fingerprint density at radius 2 is 0.735 bits per heavy atom. The zero-order valence-corrected chi connectivity index (χ0v) is 28.0. The molecule has 2 heterocycles. The molecule has 0 unspecified atom stereocenters. The van der Waals surface area contributed by atoms with Crippen LogP contribution >= 0.6 is 0 Å². The molecule has 3 N–H and O–H groups in total. The van der Waals surface area contributed by atoms with Crippen LogP contribution in [0.25, 0.3) is 0 Å². The zero-order valence-electron chi connectivity index (χ0n) is 28.0. The number of hydrogen-bond donors (Lipinski definition) is 3. The minimum absolute atomic E-state index is 0.0289. The summed E-state index contributed by atoms with van der Waals surface area (Å²) in [5.74, 6) is 1.86. The Balaban J connectivity index is 1.21. The third kappa shape index (κ3) is 15.2. The smallest absolute Gasteiger partial charge is 0.165 e. The largest absolute Gasteiger partial charge is 0.507 e. The summed E-state index contributed by atoms with van der Waals surface area (Å²) in [4.78, 5) is 8.87. The molecule has 0 bridgehead atoms. The standard InChI is InChI=1S/C34H49N3O12/c38-29-23-33-31(46-17-13-42-9-5-40-7-11-44-15-19-48-33)21-27(29)25-36-3-1-35-2-4-37-26-28-22-32-34(24-30(28)39)49-20-16-45-12-8-41-6-10-43-14-18-47-32/h21-26,35,38-39H,1-20H2. The van der Waals surface area contributed by atoms with Crippen molar-refractivity contribution in [3.8, 4) is 34.5 Å². The molecule has 15 heteroatoms. The number of fused-ring (bicyclic) bond motifs is 2. The monoisotopic (exact) mass is 691 g/mol. The summed E-state index contributed by atoms with van der Waals surface area (Å²) in [6.45, 7) is 8.77. The highest BCUT2D eigenvalue weighted by Gasteiger charge is 2.13. The quantitative estimate of drug-likeness (QED) is 0.271. The maximum atomic E-state index is 10.6. The predicted molar refractivity (Wildman–Crippen MR) is 181 cm³/mol. The molecule has 2 aliphatic heterocycles. The van der Waals surface area contributed by atoms with E-state index >= 15 is 0 Å². The van der Waals surface area contributed by atoms with Crippen molar-refractivity contribution in [3.05, 3.63) is 35.4 Å². The van der Waals surface area contributed by atoms with Crippen LogP contribution in [0.3, 0.4) is 0 Å². The van der Waals surface area contributed by atoms with Crippen molar-refractivity contribution in [1.82, 2.24) is 5.32 Å². The summed E-state index contributed by atoms with van der Waals surface area (Å²) in [5, 5.41) is 24.4. The number of phenols is 2. The van der Waals surface area contributed by atoms with E-state index in [0.717, 1.165) is 0 Å². The first-order chi connectivity index (χ1) is 24.2. The van der Waals surface area contributed by atoms with Crippen LogP contribution in [0.5, 0.6) is 34.5 Å². The van der Waals surface area contributed by atoms with E-state index in [-0.39, 0.29) is 11.5 Å². The second kappa shape index (κ2) is 23.6. The Bertz CT molecular complexity index is 1180. The van der Waals surface area contributed by atoms with Crippen LogP contribution in [-0.2, 0) is 28.4 Å². The van der Waals surface area contributed by atoms with Crippen molar-refractivity contribution in [3.63, 3.8) is 0 Å². The fourth-order valence-corrected chi connectivity index (χ4v) is 4.45. The van der Waals surface area contributed by atoms with Gasteiger partial charge in [0, 0.05) is 48.8 Å². The summed E-state index contributed by atoms with van der Waals surface area (Å²) in [5.41, 5.74) is 1.02. The number of rotatable bonds is 8. The van der Waals surface area contributed by atoms with Gasteiger partial charge in [-0.15, -0.1) is 0 Å². The molecule has 0 saturated heterocycles. The molecule has 49 heavy (non-hydrogen) atoms. The molecule has 0 saturated carbocycles. The summed E-state index contributed by atoms with van der Waals surface area (Å²) in [6.07, 6.45) is 3.20. The van der Waals surface area contributed by atoms with Crippen molar-refractivity contribution in [2.75, 3.05) is 132 Å². The first-order valence-electron chi connectivity index (χ1n) is 16.6. The Labute approximate surface area is 287 Å². The lowest BCUT2D eigenvalue weighted by molar-refractivity contribution is 0.00708. The molecule has 15 nitrogen and oxygen atoms in total. The molecule has 2 aromatic rings.